The molecule has 0 atom stereocenters. The van der Waals surface area contributed by atoms with Crippen molar-refractivity contribution >= 4 is 60.0 Å². The molecule has 1 aromatic heterocycles. The summed E-state index contributed by atoms with van der Waals surface area (Å²) in [6.45, 7) is 0. The van der Waals surface area contributed by atoms with Crippen molar-refractivity contribution in [2.45, 2.75) is 9.79 Å². The van der Waals surface area contributed by atoms with Gasteiger partial charge >= 0.3 is 6.08 Å². The van der Waals surface area contributed by atoms with E-state index in [1.807, 2.05) is 0 Å². The summed E-state index contributed by atoms with van der Waals surface area (Å²) >= 11 is 0. The number of hydrogen-bond acceptors (Lipinski definition) is 13. The molecule has 15 nitrogen and oxygen atoms in total. The summed E-state index contributed by atoms with van der Waals surface area (Å²) in [6, 6.07) is 8.38. The number of phenols is 1. The molecule has 0 bridgehead atoms. The molecular weight excluding hydrogens is 549 g/mol. The van der Waals surface area contributed by atoms with Crippen LogP contribution in [0.15, 0.2) is 62.5 Å². The number of aromatic nitrogens is 3. The monoisotopic (exact) mass is 565 g/mol. The second-order valence-corrected chi connectivity index (χ2v) is 10.2. The molecule has 0 unspecified atom stereocenters. The molecule has 0 aliphatic heterocycles. The molecule has 198 valence electrons. The molecule has 0 amide bonds. The molecule has 0 spiro atoms. The fourth-order valence-electron chi connectivity index (χ4n) is 3.29. The van der Waals surface area contributed by atoms with Gasteiger partial charge in [-0.1, -0.05) is 0 Å². The molecular formula is C20H16FN7O8S2. The van der Waals surface area contributed by atoms with Gasteiger partial charge in [0.25, 0.3) is 20.2 Å². The van der Waals surface area contributed by atoms with E-state index in [1.54, 1.807) is 0 Å². The lowest BCUT2D eigenvalue weighted by atomic mass is 10.1. The first-order valence-electron chi connectivity index (χ1n) is 10.0. The van der Waals surface area contributed by atoms with Crippen molar-refractivity contribution in [1.82, 2.24) is 15.0 Å². The lowest BCUT2D eigenvalue weighted by molar-refractivity contribution is 0.412. The third-order valence-electron chi connectivity index (χ3n) is 4.91. The Morgan fingerprint density at radius 2 is 1.66 bits per heavy atom. The van der Waals surface area contributed by atoms with Gasteiger partial charge in [-0.15, -0.1) is 10.2 Å². The average Bonchev–Trinajstić information content (AvgIpc) is 2.81. The van der Waals surface area contributed by atoms with Crippen LogP contribution in [-0.2, 0) is 20.2 Å². The van der Waals surface area contributed by atoms with Crippen LogP contribution in [0.3, 0.4) is 0 Å². The summed E-state index contributed by atoms with van der Waals surface area (Å²) in [6.07, 6.45) is -1.14. The van der Waals surface area contributed by atoms with E-state index < -0.39 is 59.2 Å². The van der Waals surface area contributed by atoms with Gasteiger partial charge in [0, 0.05) is 17.1 Å². The molecule has 0 aliphatic carbocycles. The Morgan fingerprint density at radius 3 is 2.29 bits per heavy atom. The Bertz CT molecular complexity index is 1810. The second-order valence-electron chi connectivity index (χ2n) is 7.40. The first-order valence-corrected chi connectivity index (χ1v) is 12.9. The van der Waals surface area contributed by atoms with Gasteiger partial charge in [-0.05, 0) is 41.8 Å². The number of rotatable bonds is 7. The van der Waals surface area contributed by atoms with Crippen molar-refractivity contribution in [3.8, 4) is 11.5 Å². The van der Waals surface area contributed by atoms with Crippen molar-refractivity contribution in [3.05, 3.63) is 48.5 Å². The molecule has 0 aliphatic rings. The van der Waals surface area contributed by atoms with Crippen LogP contribution < -0.4 is 15.8 Å². The molecule has 1 heterocycles. The topological polar surface area (TPSA) is 240 Å². The zero-order valence-electron chi connectivity index (χ0n) is 18.9. The van der Waals surface area contributed by atoms with Crippen molar-refractivity contribution in [3.63, 3.8) is 0 Å². The zero-order valence-corrected chi connectivity index (χ0v) is 20.6. The van der Waals surface area contributed by atoms with Crippen LogP contribution in [0, 0.1) is 6.08 Å². The van der Waals surface area contributed by atoms with Crippen molar-refractivity contribution in [1.29, 1.82) is 0 Å². The maximum absolute atomic E-state index is 13.4. The Labute approximate surface area is 213 Å². The van der Waals surface area contributed by atoms with E-state index in [-0.39, 0.29) is 28.2 Å². The standard InChI is InChI=1S/C20H16FN7O8S2/c1-36-11-3-5-13(14(8-11)37(30,31)32)27-28-16-15(38(33,34)35)7-9-6-10(2-4-12(9)17(16)29)23-20-25-18(21)24-19(22)26-20/h2-8,29H,1H3,(H,30,31,32)(H,33,34,35)(H3,22,23,24,25,26). The predicted molar refractivity (Wildman–Crippen MR) is 130 cm³/mol. The molecule has 38 heavy (non-hydrogen) atoms. The van der Waals surface area contributed by atoms with Crippen LogP contribution in [0.4, 0.5) is 33.3 Å². The van der Waals surface area contributed by atoms with Crippen molar-refractivity contribution in [2.24, 2.45) is 10.2 Å². The molecule has 3 aromatic carbocycles. The van der Waals surface area contributed by atoms with Gasteiger partial charge in [0.05, 0.1) is 7.11 Å². The number of halogens is 1. The first-order chi connectivity index (χ1) is 17.8. The Morgan fingerprint density at radius 1 is 0.947 bits per heavy atom. The van der Waals surface area contributed by atoms with E-state index in [2.05, 4.69) is 30.5 Å². The maximum atomic E-state index is 13.4. The third kappa shape index (κ3) is 5.57. The van der Waals surface area contributed by atoms with Gasteiger partial charge in [0.2, 0.25) is 11.9 Å². The third-order valence-corrected chi connectivity index (χ3v) is 6.66. The summed E-state index contributed by atoms with van der Waals surface area (Å²) in [4.78, 5) is 8.75. The minimum absolute atomic E-state index is 0.0444. The second kappa shape index (κ2) is 9.74. The van der Waals surface area contributed by atoms with Crippen LogP contribution in [0.5, 0.6) is 11.5 Å². The molecule has 0 radical (unpaired) electrons. The van der Waals surface area contributed by atoms with Gasteiger partial charge < -0.3 is 20.9 Å². The van der Waals surface area contributed by atoms with Crippen LogP contribution >= 0.6 is 0 Å². The highest BCUT2D eigenvalue weighted by Gasteiger charge is 2.23. The number of anilines is 3. The highest BCUT2D eigenvalue weighted by Crippen LogP contribution is 2.42. The van der Waals surface area contributed by atoms with Crippen LogP contribution in [0.25, 0.3) is 10.8 Å². The van der Waals surface area contributed by atoms with Crippen LogP contribution in [0.1, 0.15) is 0 Å². The van der Waals surface area contributed by atoms with E-state index in [0.29, 0.717) is 0 Å². The van der Waals surface area contributed by atoms with Gasteiger partial charge in [-0.3, -0.25) is 9.11 Å². The lowest BCUT2D eigenvalue weighted by Gasteiger charge is -2.11. The van der Waals surface area contributed by atoms with Crippen molar-refractivity contribution < 1.29 is 40.2 Å². The highest BCUT2D eigenvalue weighted by atomic mass is 32.2. The molecule has 4 aromatic rings. The number of hydrogen-bond donors (Lipinski definition) is 5. The fourth-order valence-corrected chi connectivity index (χ4v) is 4.58. The fraction of sp³-hybridized carbons (Fsp3) is 0.0500. The first kappa shape index (κ1) is 26.5. The van der Waals surface area contributed by atoms with Gasteiger partial charge in [-0.25, -0.2) is 0 Å². The lowest BCUT2D eigenvalue weighted by Crippen LogP contribution is -2.05. The summed E-state index contributed by atoms with van der Waals surface area (Å²) in [5, 5.41) is 20.9. The number of nitrogens with two attached hydrogens (primary N) is 1. The highest BCUT2D eigenvalue weighted by molar-refractivity contribution is 7.86. The van der Waals surface area contributed by atoms with E-state index in [0.717, 1.165) is 18.2 Å². The number of benzene rings is 3. The van der Waals surface area contributed by atoms with E-state index in [9.17, 15) is 35.4 Å². The number of aromatic hydroxyl groups is 1. The maximum Gasteiger partial charge on any atom is 0.315 e. The smallest absolute Gasteiger partial charge is 0.315 e. The number of azo groups is 1. The number of nitrogen functional groups attached to an aromatic ring is 1. The molecule has 0 saturated carbocycles. The van der Waals surface area contributed by atoms with E-state index in [4.69, 9.17) is 10.5 Å². The van der Waals surface area contributed by atoms with Gasteiger partial charge in [0.1, 0.15) is 26.9 Å². The number of methoxy groups -OCH3 is 1. The Kier molecular flexibility index (Phi) is 6.80. The van der Waals surface area contributed by atoms with Gasteiger partial charge in [-0.2, -0.15) is 36.2 Å². The average molecular weight is 566 g/mol. The quantitative estimate of drug-likeness (QED) is 0.160. The molecule has 18 heteroatoms. The Hall–Kier alpha value is -4.52. The molecule has 4 rings (SSSR count). The molecule has 0 fully saturated rings. The number of fused-ring (bicyclic) bond motifs is 1. The number of nitrogens with one attached hydrogen (secondary N) is 1. The molecule has 0 saturated heterocycles. The van der Waals surface area contributed by atoms with Gasteiger partial charge in [0.15, 0.2) is 5.75 Å². The molecule has 6 N–H and O–H groups in total. The summed E-state index contributed by atoms with van der Waals surface area (Å²) in [7, 11) is -8.55. The minimum atomic E-state index is -5.00. The summed E-state index contributed by atoms with van der Waals surface area (Å²) in [5.41, 5.74) is 4.46. The predicted octanol–water partition coefficient (Wildman–Crippen LogP) is 3.11. The zero-order chi connectivity index (χ0) is 27.8. The SMILES string of the molecule is COc1ccc(N=Nc2c(S(=O)(=O)O)cc3cc(Nc4nc(N)nc(F)n4)ccc3c2O)c(S(=O)(=O)O)c1. The van der Waals surface area contributed by atoms with E-state index >= 15 is 0 Å². The number of phenolic OH excluding ortho intramolecular Hbond substituents is 1. The van der Waals surface area contributed by atoms with Crippen molar-refractivity contribution in [2.75, 3.05) is 18.2 Å². The summed E-state index contributed by atoms with van der Waals surface area (Å²) < 4.78 is 85.4. The number of nitrogens with zero attached hydrogens (tertiary/aromatic N) is 5. The number of ether oxygens (including phenoxy) is 1. The van der Waals surface area contributed by atoms with Crippen LogP contribution in [0.2, 0.25) is 0 Å². The van der Waals surface area contributed by atoms with E-state index in [1.165, 1.54) is 31.4 Å². The normalized spacial score (nSPS) is 12.2. The minimum Gasteiger partial charge on any atom is -0.505 e. The van der Waals surface area contributed by atoms with Crippen LogP contribution in [-0.4, -0.2) is 53.1 Å². The summed E-state index contributed by atoms with van der Waals surface area (Å²) in [5.74, 6) is -1.32. The largest absolute Gasteiger partial charge is 0.505 e. The Balaban J connectivity index is 1.84.